The molecule has 104 valence electrons. The number of halogens is 1. The third kappa shape index (κ3) is 2.60. The van der Waals surface area contributed by atoms with Crippen molar-refractivity contribution in [2.45, 2.75) is 41.8 Å². The zero-order valence-corrected chi connectivity index (χ0v) is 13.2. The number of hydrogen-bond donors (Lipinski definition) is 0. The van der Waals surface area contributed by atoms with Gasteiger partial charge in [-0.05, 0) is 55.4 Å². The Bertz CT molecular complexity index is 577. The van der Waals surface area contributed by atoms with Gasteiger partial charge in [-0.1, -0.05) is 22.0 Å². The SMILES string of the molecule is O=S(=O)(c1ccc2c(c1)CCC2)N1CCC(Br)CC1. The van der Waals surface area contributed by atoms with Crippen LogP contribution >= 0.6 is 15.9 Å². The second-order valence-electron chi connectivity index (χ2n) is 5.36. The molecule has 0 atom stereocenters. The van der Waals surface area contributed by atoms with Crippen molar-refractivity contribution in [3.63, 3.8) is 0 Å². The van der Waals surface area contributed by atoms with E-state index in [9.17, 15) is 8.42 Å². The van der Waals surface area contributed by atoms with Crippen LogP contribution in [0.2, 0.25) is 0 Å². The molecule has 1 saturated heterocycles. The zero-order valence-electron chi connectivity index (χ0n) is 10.8. The fraction of sp³-hybridized carbons (Fsp3) is 0.571. The van der Waals surface area contributed by atoms with Crippen LogP contribution in [0.3, 0.4) is 0 Å². The fourth-order valence-corrected chi connectivity index (χ4v) is 4.85. The van der Waals surface area contributed by atoms with Gasteiger partial charge in [0, 0.05) is 17.9 Å². The van der Waals surface area contributed by atoms with Crippen LogP contribution in [-0.4, -0.2) is 30.6 Å². The minimum atomic E-state index is -3.29. The van der Waals surface area contributed by atoms with Crippen LogP contribution in [0.4, 0.5) is 0 Å². The summed E-state index contributed by atoms with van der Waals surface area (Å²) >= 11 is 3.56. The first-order chi connectivity index (χ1) is 9.07. The molecule has 0 unspecified atom stereocenters. The smallest absolute Gasteiger partial charge is 0.207 e. The van der Waals surface area contributed by atoms with E-state index in [0.29, 0.717) is 22.8 Å². The molecule has 19 heavy (non-hydrogen) atoms. The van der Waals surface area contributed by atoms with E-state index in [1.165, 1.54) is 11.1 Å². The van der Waals surface area contributed by atoms with Crippen molar-refractivity contribution in [2.24, 2.45) is 0 Å². The Morgan fingerprint density at radius 3 is 2.53 bits per heavy atom. The zero-order chi connectivity index (χ0) is 13.5. The Morgan fingerprint density at radius 2 is 1.79 bits per heavy atom. The van der Waals surface area contributed by atoms with Crippen LogP contribution < -0.4 is 0 Å². The molecule has 1 aliphatic heterocycles. The maximum Gasteiger partial charge on any atom is 0.243 e. The van der Waals surface area contributed by atoms with E-state index in [1.54, 1.807) is 10.4 Å². The van der Waals surface area contributed by atoms with E-state index in [4.69, 9.17) is 0 Å². The molecule has 1 heterocycles. The van der Waals surface area contributed by atoms with Gasteiger partial charge in [0.05, 0.1) is 4.90 Å². The predicted octanol–water partition coefficient (Wildman–Crippen LogP) is 2.72. The first kappa shape index (κ1) is 13.6. The molecular weight excluding hydrogens is 326 g/mol. The lowest BCUT2D eigenvalue weighted by molar-refractivity contribution is 0.354. The molecule has 3 nitrogen and oxygen atoms in total. The summed E-state index contributed by atoms with van der Waals surface area (Å²) in [6, 6.07) is 5.66. The topological polar surface area (TPSA) is 37.4 Å². The predicted molar refractivity (Wildman–Crippen MR) is 79.2 cm³/mol. The molecule has 3 rings (SSSR count). The Kier molecular flexibility index (Phi) is 3.71. The Labute approximate surface area is 123 Å². The summed E-state index contributed by atoms with van der Waals surface area (Å²) in [6.45, 7) is 1.24. The van der Waals surface area contributed by atoms with E-state index >= 15 is 0 Å². The van der Waals surface area contributed by atoms with E-state index in [2.05, 4.69) is 15.9 Å². The Morgan fingerprint density at radius 1 is 1.11 bits per heavy atom. The van der Waals surface area contributed by atoms with Crippen LogP contribution in [0.15, 0.2) is 23.1 Å². The molecule has 0 saturated carbocycles. The summed E-state index contributed by atoms with van der Waals surface area (Å²) in [6.07, 6.45) is 5.04. The molecule has 2 aliphatic rings. The molecule has 1 aromatic carbocycles. The van der Waals surface area contributed by atoms with Gasteiger partial charge in [0.15, 0.2) is 0 Å². The number of sulfonamides is 1. The first-order valence-corrected chi connectivity index (χ1v) is 9.19. The molecule has 1 aliphatic carbocycles. The third-order valence-corrected chi connectivity index (χ3v) is 6.90. The highest BCUT2D eigenvalue weighted by Gasteiger charge is 2.29. The first-order valence-electron chi connectivity index (χ1n) is 6.83. The molecule has 0 N–H and O–H groups in total. The van der Waals surface area contributed by atoms with E-state index in [0.717, 1.165) is 32.1 Å². The quantitative estimate of drug-likeness (QED) is 0.774. The van der Waals surface area contributed by atoms with Crippen molar-refractivity contribution in [1.29, 1.82) is 0 Å². The molecule has 1 fully saturated rings. The number of benzene rings is 1. The van der Waals surface area contributed by atoms with Gasteiger partial charge in [-0.3, -0.25) is 0 Å². The summed E-state index contributed by atoms with van der Waals surface area (Å²) in [5.41, 5.74) is 2.54. The van der Waals surface area contributed by atoms with E-state index in [1.807, 2.05) is 12.1 Å². The molecule has 1 aromatic rings. The van der Waals surface area contributed by atoms with Crippen LogP contribution in [-0.2, 0) is 22.9 Å². The van der Waals surface area contributed by atoms with Gasteiger partial charge in [-0.2, -0.15) is 4.31 Å². The lowest BCUT2D eigenvalue weighted by Gasteiger charge is -2.28. The lowest BCUT2D eigenvalue weighted by Crippen LogP contribution is -2.38. The minimum absolute atomic E-state index is 0.457. The number of rotatable bonds is 2. The number of piperidine rings is 1. The van der Waals surface area contributed by atoms with E-state index < -0.39 is 10.0 Å². The molecule has 0 radical (unpaired) electrons. The van der Waals surface area contributed by atoms with Crippen molar-refractivity contribution in [1.82, 2.24) is 4.31 Å². The number of fused-ring (bicyclic) bond motifs is 1. The molecule has 0 bridgehead atoms. The highest BCUT2D eigenvalue weighted by Crippen LogP contribution is 2.28. The maximum atomic E-state index is 12.6. The van der Waals surface area contributed by atoms with Gasteiger partial charge in [-0.15, -0.1) is 0 Å². The van der Waals surface area contributed by atoms with Gasteiger partial charge >= 0.3 is 0 Å². The summed E-state index contributed by atoms with van der Waals surface area (Å²) in [5, 5.41) is 0. The van der Waals surface area contributed by atoms with Crippen LogP contribution in [0.25, 0.3) is 0 Å². The van der Waals surface area contributed by atoms with Gasteiger partial charge in [-0.25, -0.2) is 8.42 Å². The maximum absolute atomic E-state index is 12.6. The standard InChI is InChI=1S/C14H18BrNO2S/c15-13-6-8-16(9-7-13)19(17,18)14-5-4-11-2-1-3-12(11)10-14/h4-5,10,13H,1-3,6-9H2. The lowest BCUT2D eigenvalue weighted by atomic mass is 10.1. The van der Waals surface area contributed by atoms with Gasteiger partial charge in [0.1, 0.15) is 0 Å². The highest BCUT2D eigenvalue weighted by atomic mass is 79.9. The van der Waals surface area contributed by atoms with Crippen LogP contribution in [0.5, 0.6) is 0 Å². The summed E-state index contributed by atoms with van der Waals surface area (Å²) in [7, 11) is -3.29. The van der Waals surface area contributed by atoms with E-state index in [-0.39, 0.29) is 0 Å². The average molecular weight is 344 g/mol. The van der Waals surface area contributed by atoms with Crippen LogP contribution in [0.1, 0.15) is 30.4 Å². The molecule has 5 heteroatoms. The third-order valence-electron chi connectivity index (χ3n) is 4.09. The summed E-state index contributed by atoms with van der Waals surface area (Å²) in [4.78, 5) is 0.931. The van der Waals surface area contributed by atoms with Gasteiger partial charge in [0.2, 0.25) is 10.0 Å². The van der Waals surface area contributed by atoms with Crippen molar-refractivity contribution in [2.75, 3.05) is 13.1 Å². The van der Waals surface area contributed by atoms with Gasteiger partial charge < -0.3 is 0 Å². The average Bonchev–Trinajstić information content (AvgIpc) is 2.86. The number of aryl methyl sites for hydroxylation is 2. The summed E-state index contributed by atoms with van der Waals surface area (Å²) < 4.78 is 26.8. The second kappa shape index (κ2) is 5.19. The summed E-state index contributed by atoms with van der Waals surface area (Å²) in [5.74, 6) is 0. The monoisotopic (exact) mass is 343 g/mol. The van der Waals surface area contributed by atoms with Crippen molar-refractivity contribution < 1.29 is 8.42 Å². The number of nitrogens with zero attached hydrogens (tertiary/aromatic N) is 1. The number of hydrogen-bond acceptors (Lipinski definition) is 2. The van der Waals surface area contributed by atoms with Gasteiger partial charge in [0.25, 0.3) is 0 Å². The normalized spacial score (nSPS) is 21.5. The van der Waals surface area contributed by atoms with Crippen molar-refractivity contribution >= 4 is 26.0 Å². The molecular formula is C14H18BrNO2S. The Hall–Kier alpha value is -0.390. The van der Waals surface area contributed by atoms with Crippen molar-refractivity contribution in [3.05, 3.63) is 29.3 Å². The Balaban J connectivity index is 1.88. The fourth-order valence-electron chi connectivity index (χ4n) is 2.92. The largest absolute Gasteiger partial charge is 0.243 e. The van der Waals surface area contributed by atoms with Crippen molar-refractivity contribution in [3.8, 4) is 0 Å². The molecule has 0 spiro atoms. The highest BCUT2D eigenvalue weighted by molar-refractivity contribution is 9.09. The molecule has 0 amide bonds. The number of alkyl halides is 1. The van der Waals surface area contributed by atoms with Crippen LogP contribution in [0, 0.1) is 0 Å². The minimum Gasteiger partial charge on any atom is -0.207 e. The molecule has 0 aromatic heterocycles. The second-order valence-corrected chi connectivity index (χ2v) is 8.60.